The zero-order chi connectivity index (χ0) is 24.1. The van der Waals surface area contributed by atoms with Crippen LogP contribution in [0.3, 0.4) is 0 Å². The van der Waals surface area contributed by atoms with E-state index in [4.69, 9.17) is 9.84 Å². The van der Waals surface area contributed by atoms with Gasteiger partial charge >= 0.3 is 5.97 Å². The molecule has 1 N–H and O–H groups in total. The Bertz CT molecular complexity index is 971. The zero-order valence-corrected chi connectivity index (χ0v) is 20.3. The Hall–Kier alpha value is -2.90. The molecule has 1 aromatic heterocycles. The SMILES string of the molecule is CCOc1ccc(Cn2cc(C3CCC(C(=O)N4CCC(C)(CC(=O)O)CC4)CC3)nn2)cc1. The molecule has 184 valence electrons. The van der Waals surface area contributed by atoms with Crippen molar-refractivity contribution in [1.82, 2.24) is 19.9 Å². The van der Waals surface area contributed by atoms with Crippen molar-refractivity contribution in [2.24, 2.45) is 11.3 Å². The molecule has 2 heterocycles. The lowest BCUT2D eigenvalue weighted by Crippen LogP contribution is -2.45. The van der Waals surface area contributed by atoms with E-state index in [0.29, 0.717) is 32.2 Å². The Labute approximate surface area is 201 Å². The van der Waals surface area contributed by atoms with Crippen LogP contribution in [-0.2, 0) is 16.1 Å². The van der Waals surface area contributed by atoms with Gasteiger partial charge in [0.15, 0.2) is 0 Å². The highest BCUT2D eigenvalue weighted by atomic mass is 16.5. The minimum Gasteiger partial charge on any atom is -0.494 e. The van der Waals surface area contributed by atoms with Gasteiger partial charge in [-0.15, -0.1) is 5.10 Å². The maximum absolute atomic E-state index is 13.1. The van der Waals surface area contributed by atoms with Gasteiger partial charge in [-0.05, 0) is 68.6 Å². The van der Waals surface area contributed by atoms with Gasteiger partial charge in [0.25, 0.3) is 0 Å². The van der Waals surface area contributed by atoms with E-state index in [2.05, 4.69) is 10.3 Å². The maximum Gasteiger partial charge on any atom is 0.303 e. The van der Waals surface area contributed by atoms with Crippen LogP contribution in [-0.4, -0.2) is 56.6 Å². The second kappa shape index (κ2) is 10.6. The highest BCUT2D eigenvalue weighted by molar-refractivity contribution is 5.79. The molecule has 2 fully saturated rings. The summed E-state index contributed by atoms with van der Waals surface area (Å²) in [6.07, 6.45) is 7.38. The summed E-state index contributed by atoms with van der Waals surface area (Å²) in [4.78, 5) is 26.1. The fourth-order valence-electron chi connectivity index (χ4n) is 5.33. The first-order valence-corrected chi connectivity index (χ1v) is 12.5. The maximum atomic E-state index is 13.1. The van der Waals surface area contributed by atoms with E-state index < -0.39 is 5.97 Å². The molecule has 0 unspecified atom stereocenters. The van der Waals surface area contributed by atoms with Crippen LogP contribution in [0.2, 0.25) is 0 Å². The number of carboxylic acids is 1. The summed E-state index contributed by atoms with van der Waals surface area (Å²) in [6, 6.07) is 8.05. The molecule has 1 aliphatic carbocycles. The van der Waals surface area contributed by atoms with Crippen molar-refractivity contribution in [2.45, 2.75) is 71.3 Å². The largest absolute Gasteiger partial charge is 0.494 e. The third-order valence-corrected chi connectivity index (χ3v) is 7.49. The summed E-state index contributed by atoms with van der Waals surface area (Å²) >= 11 is 0. The highest BCUT2D eigenvalue weighted by Gasteiger charge is 2.37. The molecular weight excluding hydrogens is 432 g/mol. The number of ether oxygens (including phenoxy) is 1. The van der Waals surface area contributed by atoms with Gasteiger partial charge in [-0.1, -0.05) is 24.3 Å². The summed E-state index contributed by atoms with van der Waals surface area (Å²) < 4.78 is 7.38. The number of hydrogen-bond donors (Lipinski definition) is 1. The van der Waals surface area contributed by atoms with E-state index >= 15 is 0 Å². The molecule has 1 amide bonds. The minimum absolute atomic E-state index is 0.0685. The summed E-state index contributed by atoms with van der Waals surface area (Å²) in [5.74, 6) is 0.778. The molecule has 0 radical (unpaired) electrons. The van der Waals surface area contributed by atoms with Crippen LogP contribution in [0.25, 0.3) is 0 Å². The van der Waals surface area contributed by atoms with E-state index in [1.54, 1.807) is 0 Å². The van der Waals surface area contributed by atoms with Gasteiger partial charge in [0, 0.05) is 31.1 Å². The van der Waals surface area contributed by atoms with Gasteiger partial charge in [-0.3, -0.25) is 9.59 Å². The quantitative estimate of drug-likeness (QED) is 0.626. The Morgan fingerprint density at radius 3 is 2.41 bits per heavy atom. The van der Waals surface area contributed by atoms with Gasteiger partial charge in [-0.2, -0.15) is 0 Å². The van der Waals surface area contributed by atoms with E-state index in [9.17, 15) is 9.59 Å². The topological polar surface area (TPSA) is 97.5 Å². The van der Waals surface area contributed by atoms with Crippen LogP contribution >= 0.6 is 0 Å². The Morgan fingerprint density at radius 1 is 1.12 bits per heavy atom. The number of nitrogens with zero attached hydrogens (tertiary/aromatic N) is 4. The minimum atomic E-state index is -0.753. The molecule has 2 aromatic rings. The average Bonchev–Trinajstić information content (AvgIpc) is 3.28. The number of piperidine rings is 1. The Balaban J connectivity index is 1.25. The number of carbonyl (C=O) groups excluding carboxylic acids is 1. The van der Waals surface area contributed by atoms with Crippen molar-refractivity contribution in [3.8, 4) is 5.75 Å². The molecule has 8 heteroatoms. The zero-order valence-electron chi connectivity index (χ0n) is 20.3. The van der Waals surface area contributed by atoms with Crippen molar-refractivity contribution >= 4 is 11.9 Å². The number of aromatic nitrogens is 3. The molecular formula is C26H36N4O4. The number of rotatable bonds is 8. The number of amides is 1. The van der Waals surface area contributed by atoms with Gasteiger partial charge < -0.3 is 14.7 Å². The van der Waals surface area contributed by atoms with Crippen LogP contribution in [0.5, 0.6) is 5.75 Å². The number of aliphatic carboxylic acids is 1. The van der Waals surface area contributed by atoms with Crippen LogP contribution < -0.4 is 4.74 Å². The van der Waals surface area contributed by atoms with Crippen molar-refractivity contribution < 1.29 is 19.4 Å². The molecule has 0 atom stereocenters. The number of carboxylic acid groups (broad SMARTS) is 1. The summed E-state index contributed by atoms with van der Waals surface area (Å²) in [5, 5.41) is 17.9. The Kier molecular flexibility index (Phi) is 7.54. The molecule has 0 spiro atoms. The van der Waals surface area contributed by atoms with E-state index in [-0.39, 0.29) is 23.7 Å². The third kappa shape index (κ3) is 5.96. The van der Waals surface area contributed by atoms with E-state index in [0.717, 1.165) is 55.5 Å². The molecule has 1 aliphatic heterocycles. The summed E-state index contributed by atoms with van der Waals surface area (Å²) in [5.41, 5.74) is 1.96. The van der Waals surface area contributed by atoms with Crippen molar-refractivity contribution in [3.05, 3.63) is 41.7 Å². The van der Waals surface area contributed by atoms with Crippen LogP contribution in [0, 0.1) is 11.3 Å². The normalized spacial score (nSPS) is 22.4. The van der Waals surface area contributed by atoms with Gasteiger partial charge in [0.05, 0.1) is 25.3 Å². The predicted octanol–water partition coefficient (Wildman–Crippen LogP) is 4.10. The lowest BCUT2D eigenvalue weighted by atomic mass is 9.76. The molecule has 8 nitrogen and oxygen atoms in total. The van der Waals surface area contributed by atoms with Crippen molar-refractivity contribution in [2.75, 3.05) is 19.7 Å². The molecule has 1 saturated carbocycles. The third-order valence-electron chi connectivity index (χ3n) is 7.49. The molecule has 34 heavy (non-hydrogen) atoms. The first kappa shape index (κ1) is 24.2. The first-order chi connectivity index (χ1) is 16.3. The molecule has 4 rings (SSSR count). The fraction of sp³-hybridized carbons (Fsp3) is 0.615. The summed E-state index contributed by atoms with van der Waals surface area (Å²) in [7, 11) is 0. The second-order valence-electron chi connectivity index (χ2n) is 10.2. The van der Waals surface area contributed by atoms with Gasteiger partial charge in [0.1, 0.15) is 5.75 Å². The predicted molar refractivity (Wildman–Crippen MR) is 128 cm³/mol. The van der Waals surface area contributed by atoms with Gasteiger partial charge in [-0.25, -0.2) is 4.68 Å². The smallest absolute Gasteiger partial charge is 0.303 e. The van der Waals surface area contributed by atoms with Gasteiger partial charge in [0.2, 0.25) is 5.91 Å². The molecule has 2 aliphatic rings. The number of likely N-dealkylation sites (tertiary alicyclic amines) is 1. The fourth-order valence-corrected chi connectivity index (χ4v) is 5.33. The average molecular weight is 469 g/mol. The van der Waals surface area contributed by atoms with Crippen molar-refractivity contribution in [1.29, 1.82) is 0 Å². The van der Waals surface area contributed by atoms with E-state index in [1.807, 2.05) is 53.9 Å². The molecule has 1 aromatic carbocycles. The monoisotopic (exact) mass is 468 g/mol. The number of benzene rings is 1. The van der Waals surface area contributed by atoms with Crippen LogP contribution in [0.15, 0.2) is 30.5 Å². The lowest BCUT2D eigenvalue weighted by Gasteiger charge is -2.40. The Morgan fingerprint density at radius 2 is 1.79 bits per heavy atom. The van der Waals surface area contributed by atoms with Crippen LogP contribution in [0.1, 0.15) is 76.0 Å². The number of carbonyl (C=O) groups is 2. The van der Waals surface area contributed by atoms with E-state index in [1.165, 1.54) is 0 Å². The molecule has 0 bridgehead atoms. The van der Waals surface area contributed by atoms with Crippen molar-refractivity contribution in [3.63, 3.8) is 0 Å². The number of hydrogen-bond acceptors (Lipinski definition) is 5. The highest BCUT2D eigenvalue weighted by Crippen LogP contribution is 2.38. The summed E-state index contributed by atoms with van der Waals surface area (Å²) in [6.45, 7) is 6.66. The standard InChI is InChI=1S/C26H36N4O4/c1-3-34-22-10-4-19(5-11-22)17-30-18-23(27-28-30)20-6-8-21(9-7-20)25(33)29-14-12-26(2,13-15-29)16-24(31)32/h4-5,10-11,18,20-21H,3,6-9,12-17H2,1-2H3,(H,31,32). The first-order valence-electron chi connectivity index (χ1n) is 12.5. The second-order valence-corrected chi connectivity index (χ2v) is 10.2. The lowest BCUT2D eigenvalue weighted by molar-refractivity contribution is -0.142. The molecule has 1 saturated heterocycles. The van der Waals surface area contributed by atoms with Crippen LogP contribution in [0.4, 0.5) is 0 Å².